The fraction of sp³-hybridized carbons (Fsp3) is 0.562. The Morgan fingerprint density at radius 1 is 1.14 bits per heavy atom. The SMILES string of the molecule is c1ccc(C2CCCNC2C2=NNC(C3CNC3)O2)cc1. The van der Waals surface area contributed by atoms with Crippen LogP contribution in [0.15, 0.2) is 35.4 Å². The van der Waals surface area contributed by atoms with Gasteiger partial charge in [-0.05, 0) is 24.9 Å². The molecule has 21 heavy (non-hydrogen) atoms. The molecule has 5 heteroatoms. The minimum Gasteiger partial charge on any atom is -0.453 e. The topological polar surface area (TPSA) is 57.7 Å². The molecule has 4 rings (SSSR count). The van der Waals surface area contributed by atoms with Gasteiger partial charge < -0.3 is 15.4 Å². The Morgan fingerprint density at radius 3 is 2.76 bits per heavy atom. The molecule has 5 nitrogen and oxygen atoms in total. The minimum atomic E-state index is 0.0430. The zero-order valence-electron chi connectivity index (χ0n) is 12.1. The van der Waals surface area contributed by atoms with E-state index in [1.165, 1.54) is 18.4 Å². The number of nitrogens with one attached hydrogen (secondary N) is 3. The van der Waals surface area contributed by atoms with Gasteiger partial charge in [0.2, 0.25) is 5.90 Å². The molecule has 0 aliphatic carbocycles. The quantitative estimate of drug-likeness (QED) is 0.776. The van der Waals surface area contributed by atoms with Gasteiger partial charge in [0.15, 0.2) is 6.23 Å². The van der Waals surface area contributed by atoms with Crippen molar-refractivity contribution in [2.45, 2.75) is 31.0 Å². The number of piperidine rings is 1. The van der Waals surface area contributed by atoms with Gasteiger partial charge in [-0.1, -0.05) is 30.3 Å². The van der Waals surface area contributed by atoms with Crippen LogP contribution in [0, 0.1) is 5.92 Å². The summed E-state index contributed by atoms with van der Waals surface area (Å²) in [6.07, 6.45) is 2.42. The van der Waals surface area contributed by atoms with Crippen LogP contribution in [0.3, 0.4) is 0 Å². The van der Waals surface area contributed by atoms with Crippen molar-refractivity contribution in [3.63, 3.8) is 0 Å². The zero-order chi connectivity index (χ0) is 14.1. The lowest BCUT2D eigenvalue weighted by molar-refractivity contribution is 0.0785. The van der Waals surface area contributed by atoms with E-state index in [4.69, 9.17) is 4.74 Å². The summed E-state index contributed by atoms with van der Waals surface area (Å²) in [5, 5.41) is 11.3. The summed E-state index contributed by atoms with van der Waals surface area (Å²) in [4.78, 5) is 0. The van der Waals surface area contributed by atoms with Crippen molar-refractivity contribution in [1.29, 1.82) is 0 Å². The van der Waals surface area contributed by atoms with Gasteiger partial charge in [-0.2, -0.15) is 0 Å². The van der Waals surface area contributed by atoms with Gasteiger partial charge in [0.05, 0.1) is 6.04 Å². The van der Waals surface area contributed by atoms with E-state index in [0.29, 0.717) is 11.8 Å². The molecule has 3 aliphatic rings. The summed E-state index contributed by atoms with van der Waals surface area (Å²) in [5.41, 5.74) is 4.53. The molecule has 3 aliphatic heterocycles. The predicted molar refractivity (Wildman–Crippen MR) is 82.0 cm³/mol. The number of hydrazone groups is 1. The molecule has 3 heterocycles. The van der Waals surface area contributed by atoms with Crippen LogP contribution in [0.1, 0.15) is 24.3 Å². The Bertz CT molecular complexity index is 514. The molecule has 2 fully saturated rings. The zero-order valence-corrected chi connectivity index (χ0v) is 12.1. The van der Waals surface area contributed by atoms with Gasteiger partial charge in [-0.3, -0.25) is 5.43 Å². The number of benzene rings is 1. The maximum Gasteiger partial charge on any atom is 0.225 e. The van der Waals surface area contributed by atoms with Crippen molar-refractivity contribution in [1.82, 2.24) is 16.1 Å². The van der Waals surface area contributed by atoms with Crippen LogP contribution in [0.25, 0.3) is 0 Å². The molecule has 1 aromatic rings. The molecule has 0 radical (unpaired) electrons. The first-order valence-corrected chi connectivity index (χ1v) is 7.90. The summed E-state index contributed by atoms with van der Waals surface area (Å²) in [6, 6.07) is 10.9. The second-order valence-electron chi connectivity index (χ2n) is 6.13. The highest BCUT2D eigenvalue weighted by Crippen LogP contribution is 2.30. The number of hydrogen-bond acceptors (Lipinski definition) is 5. The van der Waals surface area contributed by atoms with Crippen molar-refractivity contribution in [2.75, 3.05) is 19.6 Å². The van der Waals surface area contributed by atoms with Crippen LogP contribution in [-0.2, 0) is 4.74 Å². The average Bonchev–Trinajstić information content (AvgIpc) is 2.96. The largest absolute Gasteiger partial charge is 0.453 e. The third-order valence-corrected chi connectivity index (χ3v) is 4.74. The minimum absolute atomic E-state index is 0.0430. The second kappa shape index (κ2) is 5.66. The fourth-order valence-corrected chi connectivity index (χ4v) is 3.39. The summed E-state index contributed by atoms with van der Waals surface area (Å²) >= 11 is 0. The van der Waals surface area contributed by atoms with Crippen LogP contribution >= 0.6 is 0 Å². The first-order chi connectivity index (χ1) is 10.4. The van der Waals surface area contributed by atoms with Crippen molar-refractivity contribution in [2.24, 2.45) is 11.0 Å². The molecular weight excluding hydrogens is 264 g/mol. The van der Waals surface area contributed by atoms with Crippen molar-refractivity contribution < 1.29 is 4.74 Å². The fourth-order valence-electron chi connectivity index (χ4n) is 3.39. The smallest absolute Gasteiger partial charge is 0.225 e. The lowest BCUT2D eigenvalue weighted by Crippen LogP contribution is -2.53. The Morgan fingerprint density at radius 2 is 2.00 bits per heavy atom. The highest BCUT2D eigenvalue weighted by molar-refractivity contribution is 5.84. The van der Waals surface area contributed by atoms with Gasteiger partial charge in [0.1, 0.15) is 0 Å². The molecular formula is C16H22N4O. The summed E-state index contributed by atoms with van der Waals surface area (Å²) in [5.74, 6) is 1.81. The van der Waals surface area contributed by atoms with Crippen LogP contribution in [-0.4, -0.2) is 37.8 Å². The summed E-state index contributed by atoms with van der Waals surface area (Å²) < 4.78 is 6.09. The van der Waals surface area contributed by atoms with Crippen LogP contribution in [0.2, 0.25) is 0 Å². The van der Waals surface area contributed by atoms with E-state index in [0.717, 1.165) is 25.5 Å². The molecule has 3 atom stereocenters. The maximum atomic E-state index is 6.09. The Kier molecular flexibility index (Phi) is 3.53. The first kappa shape index (κ1) is 13.1. The third kappa shape index (κ3) is 2.51. The monoisotopic (exact) mass is 286 g/mol. The van der Waals surface area contributed by atoms with E-state index in [9.17, 15) is 0 Å². The number of ether oxygens (including phenoxy) is 1. The molecule has 0 amide bonds. The lowest BCUT2D eigenvalue weighted by Gasteiger charge is -2.34. The molecule has 0 spiro atoms. The van der Waals surface area contributed by atoms with E-state index >= 15 is 0 Å². The van der Waals surface area contributed by atoms with Gasteiger partial charge in [-0.15, -0.1) is 5.10 Å². The number of hydrogen-bond donors (Lipinski definition) is 3. The van der Waals surface area contributed by atoms with E-state index < -0.39 is 0 Å². The highest BCUT2D eigenvalue weighted by Gasteiger charge is 2.38. The molecule has 2 saturated heterocycles. The van der Waals surface area contributed by atoms with Crippen molar-refractivity contribution in [3.8, 4) is 0 Å². The third-order valence-electron chi connectivity index (χ3n) is 4.74. The van der Waals surface area contributed by atoms with Crippen LogP contribution < -0.4 is 16.1 Å². The van der Waals surface area contributed by atoms with E-state index in [1.807, 2.05) is 0 Å². The summed E-state index contributed by atoms with van der Waals surface area (Å²) in [6.45, 7) is 3.06. The molecule has 3 N–H and O–H groups in total. The Labute approximate surface area is 125 Å². The van der Waals surface area contributed by atoms with E-state index in [2.05, 4.69) is 51.5 Å². The van der Waals surface area contributed by atoms with Crippen LogP contribution in [0.4, 0.5) is 0 Å². The molecule has 3 unspecified atom stereocenters. The van der Waals surface area contributed by atoms with Gasteiger partial charge in [0.25, 0.3) is 0 Å². The first-order valence-electron chi connectivity index (χ1n) is 7.90. The van der Waals surface area contributed by atoms with Gasteiger partial charge in [-0.25, -0.2) is 0 Å². The van der Waals surface area contributed by atoms with E-state index in [1.54, 1.807) is 0 Å². The standard InChI is InChI=1S/C16H22N4O/c1-2-5-11(6-3-1)13-7-4-8-18-14(13)16-20-19-15(21-16)12-9-17-10-12/h1-3,5-6,12-15,17-19H,4,7-10H2. The van der Waals surface area contributed by atoms with E-state index in [-0.39, 0.29) is 12.3 Å². The molecule has 0 bridgehead atoms. The molecule has 0 aromatic heterocycles. The predicted octanol–water partition coefficient (Wildman–Crippen LogP) is 1.00. The number of nitrogens with zero attached hydrogens (tertiary/aromatic N) is 1. The van der Waals surface area contributed by atoms with Crippen LogP contribution in [0.5, 0.6) is 0 Å². The lowest BCUT2D eigenvalue weighted by atomic mass is 9.84. The average molecular weight is 286 g/mol. The molecule has 112 valence electrons. The van der Waals surface area contributed by atoms with Gasteiger partial charge >= 0.3 is 0 Å². The maximum absolute atomic E-state index is 6.09. The number of rotatable bonds is 3. The van der Waals surface area contributed by atoms with Gasteiger partial charge in [0, 0.05) is 24.9 Å². The normalized spacial score (nSPS) is 32.8. The van der Waals surface area contributed by atoms with Crippen molar-refractivity contribution >= 4 is 5.90 Å². The summed E-state index contributed by atoms with van der Waals surface area (Å²) in [7, 11) is 0. The Hall–Kier alpha value is -1.59. The van der Waals surface area contributed by atoms with Crippen molar-refractivity contribution in [3.05, 3.63) is 35.9 Å². The molecule has 0 saturated carbocycles. The second-order valence-corrected chi connectivity index (χ2v) is 6.13. The highest BCUT2D eigenvalue weighted by atomic mass is 16.5. The Balaban J connectivity index is 1.49. The molecule has 1 aromatic carbocycles.